The number of hydrogen-bond acceptors (Lipinski definition) is 4. The quantitative estimate of drug-likeness (QED) is 0.917. The number of pyridine rings is 1. The second-order valence-corrected chi connectivity index (χ2v) is 6.31. The molecule has 0 aliphatic carbocycles. The van der Waals surface area contributed by atoms with E-state index < -0.39 is 0 Å². The number of likely N-dealkylation sites (N-methyl/N-ethyl adjacent to an activating group) is 1. The van der Waals surface area contributed by atoms with Crippen LogP contribution in [-0.2, 0) is 0 Å². The van der Waals surface area contributed by atoms with Gasteiger partial charge in [0.05, 0.1) is 18.3 Å². The summed E-state index contributed by atoms with van der Waals surface area (Å²) in [6.07, 6.45) is 7.24. The lowest BCUT2D eigenvalue weighted by molar-refractivity contribution is 0.185. The first-order chi connectivity index (χ1) is 11.7. The number of hydrogen-bond donors (Lipinski definition) is 1. The van der Waals surface area contributed by atoms with Gasteiger partial charge in [-0.1, -0.05) is 0 Å². The van der Waals surface area contributed by atoms with E-state index in [2.05, 4.69) is 10.3 Å². The summed E-state index contributed by atoms with van der Waals surface area (Å²) in [6.45, 7) is 1.30. The summed E-state index contributed by atoms with van der Waals surface area (Å²) in [7, 11) is 3.96. The Morgan fingerprint density at radius 3 is 2.88 bits per heavy atom. The second kappa shape index (κ2) is 7.49. The standard InChI is InChI=1S/C18H24N4O2/c1-21(2)16(17-6-4-12-24-17)13-20-18(23)22-11-3-5-15(22)14-7-9-19-10-8-14/h4,6-10,12,15-16H,3,5,11,13H2,1-2H3,(H,20,23). The molecule has 6 heteroatoms. The maximum absolute atomic E-state index is 12.7. The molecule has 0 bridgehead atoms. The summed E-state index contributed by atoms with van der Waals surface area (Å²) in [5.41, 5.74) is 1.15. The molecule has 3 heterocycles. The molecule has 1 saturated heterocycles. The molecule has 0 radical (unpaired) electrons. The average Bonchev–Trinajstić information content (AvgIpc) is 3.27. The highest BCUT2D eigenvalue weighted by Crippen LogP contribution is 2.31. The summed E-state index contributed by atoms with van der Waals surface area (Å²) < 4.78 is 5.49. The lowest BCUT2D eigenvalue weighted by Crippen LogP contribution is -2.42. The molecule has 0 saturated carbocycles. The van der Waals surface area contributed by atoms with Crippen LogP contribution in [0.2, 0.25) is 0 Å². The van der Waals surface area contributed by atoms with Crippen molar-refractivity contribution in [3.05, 3.63) is 54.2 Å². The molecule has 0 aromatic carbocycles. The number of carbonyl (C=O) groups excluding carboxylic acids is 1. The summed E-state index contributed by atoms with van der Waals surface area (Å²) in [6, 6.07) is 7.91. The zero-order valence-electron chi connectivity index (χ0n) is 14.2. The van der Waals surface area contributed by atoms with Crippen molar-refractivity contribution in [1.82, 2.24) is 20.1 Å². The molecule has 1 aliphatic rings. The predicted octanol–water partition coefficient (Wildman–Crippen LogP) is 2.82. The van der Waals surface area contributed by atoms with Crippen molar-refractivity contribution in [2.75, 3.05) is 27.2 Å². The van der Waals surface area contributed by atoms with Crippen LogP contribution in [-0.4, -0.2) is 48.0 Å². The molecule has 2 aromatic heterocycles. The van der Waals surface area contributed by atoms with Crippen LogP contribution in [0.4, 0.5) is 4.79 Å². The molecule has 1 aliphatic heterocycles. The van der Waals surface area contributed by atoms with E-state index in [4.69, 9.17) is 4.42 Å². The van der Waals surface area contributed by atoms with Crippen molar-refractivity contribution in [2.24, 2.45) is 0 Å². The number of carbonyl (C=O) groups is 1. The smallest absolute Gasteiger partial charge is 0.317 e. The number of aromatic nitrogens is 1. The van der Waals surface area contributed by atoms with E-state index in [1.165, 1.54) is 0 Å². The maximum Gasteiger partial charge on any atom is 0.317 e. The van der Waals surface area contributed by atoms with Crippen LogP contribution in [0.25, 0.3) is 0 Å². The van der Waals surface area contributed by atoms with Crippen molar-refractivity contribution in [3.63, 3.8) is 0 Å². The van der Waals surface area contributed by atoms with Crippen LogP contribution in [0.5, 0.6) is 0 Å². The van der Waals surface area contributed by atoms with Crippen molar-refractivity contribution in [2.45, 2.75) is 24.9 Å². The Labute approximate surface area is 142 Å². The lowest BCUT2D eigenvalue weighted by atomic mass is 10.1. The van der Waals surface area contributed by atoms with Crippen molar-refractivity contribution >= 4 is 6.03 Å². The van der Waals surface area contributed by atoms with Gasteiger partial charge in [0.25, 0.3) is 0 Å². The summed E-state index contributed by atoms with van der Waals surface area (Å²) in [5.74, 6) is 0.854. The molecule has 2 unspecified atom stereocenters. The Kier molecular flexibility index (Phi) is 5.15. The summed E-state index contributed by atoms with van der Waals surface area (Å²) >= 11 is 0. The minimum absolute atomic E-state index is 0.0194. The van der Waals surface area contributed by atoms with Crippen LogP contribution >= 0.6 is 0 Å². The third-order valence-corrected chi connectivity index (χ3v) is 4.55. The predicted molar refractivity (Wildman–Crippen MR) is 91.5 cm³/mol. The van der Waals surface area contributed by atoms with Gasteiger partial charge in [0.1, 0.15) is 5.76 Å². The van der Waals surface area contributed by atoms with Crippen molar-refractivity contribution in [1.29, 1.82) is 0 Å². The zero-order valence-corrected chi connectivity index (χ0v) is 14.2. The van der Waals surface area contributed by atoms with E-state index in [0.717, 1.165) is 30.7 Å². The fourth-order valence-electron chi connectivity index (χ4n) is 3.25. The van der Waals surface area contributed by atoms with Gasteiger partial charge in [0.2, 0.25) is 0 Å². The molecule has 2 aromatic rings. The lowest BCUT2D eigenvalue weighted by Gasteiger charge is -2.28. The highest BCUT2D eigenvalue weighted by atomic mass is 16.3. The number of rotatable bonds is 5. The molecule has 1 N–H and O–H groups in total. The van der Waals surface area contributed by atoms with Crippen LogP contribution in [0.1, 0.15) is 36.2 Å². The Bertz CT molecular complexity index is 642. The topological polar surface area (TPSA) is 61.6 Å². The molecule has 2 atom stereocenters. The first-order valence-electron chi connectivity index (χ1n) is 8.31. The van der Waals surface area contributed by atoms with Crippen LogP contribution < -0.4 is 5.32 Å². The SMILES string of the molecule is CN(C)C(CNC(=O)N1CCCC1c1ccncc1)c1ccco1. The molecule has 0 spiro atoms. The Morgan fingerprint density at radius 1 is 1.42 bits per heavy atom. The van der Waals surface area contributed by atoms with Gasteiger partial charge < -0.3 is 14.6 Å². The first kappa shape index (κ1) is 16.5. The number of nitrogens with zero attached hydrogens (tertiary/aromatic N) is 3. The van der Waals surface area contributed by atoms with E-state index in [1.54, 1.807) is 18.7 Å². The zero-order chi connectivity index (χ0) is 16.9. The van der Waals surface area contributed by atoms with Gasteiger partial charge in [0, 0.05) is 25.5 Å². The second-order valence-electron chi connectivity index (χ2n) is 6.31. The number of likely N-dealkylation sites (tertiary alicyclic amines) is 1. The van der Waals surface area contributed by atoms with E-state index in [9.17, 15) is 4.79 Å². The van der Waals surface area contributed by atoms with Gasteiger partial charge in [-0.25, -0.2) is 4.79 Å². The van der Waals surface area contributed by atoms with Crippen molar-refractivity contribution in [3.8, 4) is 0 Å². The molecular formula is C18H24N4O2. The van der Waals surface area contributed by atoms with Gasteiger partial charge in [-0.3, -0.25) is 9.88 Å². The van der Waals surface area contributed by atoms with E-state index >= 15 is 0 Å². The number of urea groups is 1. The van der Waals surface area contributed by atoms with Crippen LogP contribution in [0, 0.1) is 0 Å². The van der Waals surface area contributed by atoms with Gasteiger partial charge in [-0.2, -0.15) is 0 Å². The highest BCUT2D eigenvalue weighted by Gasteiger charge is 2.30. The fourth-order valence-corrected chi connectivity index (χ4v) is 3.25. The normalized spacial score (nSPS) is 18.8. The summed E-state index contributed by atoms with van der Waals surface area (Å²) in [4.78, 5) is 20.7. The van der Waals surface area contributed by atoms with Gasteiger partial charge in [-0.05, 0) is 56.8 Å². The highest BCUT2D eigenvalue weighted by molar-refractivity contribution is 5.75. The minimum atomic E-state index is -0.0206. The molecule has 128 valence electrons. The fraction of sp³-hybridized carbons (Fsp3) is 0.444. The minimum Gasteiger partial charge on any atom is -0.468 e. The number of amides is 2. The monoisotopic (exact) mass is 328 g/mol. The van der Waals surface area contributed by atoms with Gasteiger partial charge in [0.15, 0.2) is 0 Å². The first-order valence-corrected chi connectivity index (χ1v) is 8.31. The van der Waals surface area contributed by atoms with Crippen molar-refractivity contribution < 1.29 is 9.21 Å². The Morgan fingerprint density at radius 2 is 2.21 bits per heavy atom. The van der Waals surface area contributed by atoms with E-state index in [1.807, 2.05) is 48.2 Å². The molecule has 1 fully saturated rings. The molecule has 24 heavy (non-hydrogen) atoms. The summed E-state index contributed by atoms with van der Waals surface area (Å²) in [5, 5.41) is 3.06. The Balaban J connectivity index is 1.64. The average molecular weight is 328 g/mol. The van der Waals surface area contributed by atoms with Gasteiger partial charge >= 0.3 is 6.03 Å². The molecular weight excluding hydrogens is 304 g/mol. The molecule has 6 nitrogen and oxygen atoms in total. The Hall–Kier alpha value is -2.34. The van der Waals surface area contributed by atoms with Crippen LogP contribution in [0.3, 0.4) is 0 Å². The molecule has 2 amide bonds. The third-order valence-electron chi connectivity index (χ3n) is 4.55. The maximum atomic E-state index is 12.7. The number of furan rings is 1. The van der Waals surface area contributed by atoms with Gasteiger partial charge in [-0.15, -0.1) is 0 Å². The third kappa shape index (κ3) is 3.59. The molecule has 3 rings (SSSR count). The van der Waals surface area contributed by atoms with E-state index in [-0.39, 0.29) is 18.1 Å². The van der Waals surface area contributed by atoms with E-state index in [0.29, 0.717) is 6.54 Å². The number of nitrogens with one attached hydrogen (secondary N) is 1. The van der Waals surface area contributed by atoms with Crippen LogP contribution in [0.15, 0.2) is 47.3 Å². The largest absolute Gasteiger partial charge is 0.468 e.